The molecule has 2 radical (unpaired) electrons. The summed E-state index contributed by atoms with van der Waals surface area (Å²) in [7, 11) is 6.42. The van der Waals surface area contributed by atoms with Gasteiger partial charge in [-0.05, 0) is 5.92 Å². The lowest BCUT2D eigenvalue weighted by atomic mass is 9.57. The molecule has 2 unspecified atom stereocenters. The van der Waals surface area contributed by atoms with Gasteiger partial charge in [-0.25, -0.2) is 0 Å². The van der Waals surface area contributed by atoms with Gasteiger partial charge in [0.05, 0.1) is 7.85 Å². The Morgan fingerprint density at radius 3 is 2.29 bits per heavy atom. The van der Waals surface area contributed by atoms with Gasteiger partial charge in [0.25, 0.3) is 0 Å². The first-order valence-corrected chi connectivity index (χ1v) is 6.45. The Bertz CT molecular complexity index is 151. The van der Waals surface area contributed by atoms with E-state index in [1.165, 1.54) is 57.8 Å². The fourth-order valence-corrected chi connectivity index (χ4v) is 2.81. The van der Waals surface area contributed by atoms with E-state index in [2.05, 4.69) is 13.8 Å². The van der Waals surface area contributed by atoms with E-state index < -0.39 is 0 Å². The molecule has 0 amide bonds. The molecule has 1 saturated carbocycles. The van der Waals surface area contributed by atoms with E-state index in [0.29, 0.717) is 0 Å². The maximum atomic E-state index is 6.42. The van der Waals surface area contributed by atoms with Crippen molar-refractivity contribution in [2.75, 3.05) is 0 Å². The van der Waals surface area contributed by atoms with Gasteiger partial charge in [0, 0.05) is 0 Å². The van der Waals surface area contributed by atoms with Crippen LogP contribution >= 0.6 is 0 Å². The van der Waals surface area contributed by atoms with E-state index in [-0.39, 0.29) is 5.31 Å². The Balaban J connectivity index is 2.50. The van der Waals surface area contributed by atoms with E-state index in [0.717, 1.165) is 5.92 Å². The van der Waals surface area contributed by atoms with Crippen molar-refractivity contribution in [1.29, 1.82) is 0 Å². The minimum atomic E-state index is 0.103. The molecule has 0 N–H and O–H groups in total. The summed E-state index contributed by atoms with van der Waals surface area (Å²) in [6, 6.07) is 0. The summed E-state index contributed by atoms with van der Waals surface area (Å²) in [5, 5.41) is 0.103. The van der Waals surface area contributed by atoms with Gasteiger partial charge in [-0.3, -0.25) is 0 Å². The smallest absolute Gasteiger partial charge is 0.0674 e. The predicted molar refractivity (Wildman–Crippen MR) is 64.8 cm³/mol. The second-order valence-electron chi connectivity index (χ2n) is 5.27. The van der Waals surface area contributed by atoms with Crippen LogP contribution in [0.15, 0.2) is 0 Å². The molecular weight excluding hydrogens is 167 g/mol. The van der Waals surface area contributed by atoms with Gasteiger partial charge in [-0.1, -0.05) is 76.9 Å². The molecule has 0 bridgehead atoms. The highest BCUT2D eigenvalue weighted by Gasteiger charge is 2.26. The lowest BCUT2D eigenvalue weighted by Gasteiger charge is -2.35. The fourth-order valence-electron chi connectivity index (χ4n) is 2.81. The first-order chi connectivity index (χ1) is 6.67. The molecule has 1 fully saturated rings. The zero-order chi connectivity index (χ0) is 10.4. The van der Waals surface area contributed by atoms with Crippen LogP contribution in [0.25, 0.3) is 0 Å². The van der Waals surface area contributed by atoms with Crippen molar-refractivity contribution in [3.8, 4) is 0 Å². The number of rotatable bonds is 1. The minimum absolute atomic E-state index is 0.103. The van der Waals surface area contributed by atoms with Crippen LogP contribution in [0.4, 0.5) is 0 Å². The monoisotopic (exact) mass is 192 g/mol. The van der Waals surface area contributed by atoms with Crippen molar-refractivity contribution in [3.63, 3.8) is 0 Å². The topological polar surface area (TPSA) is 0 Å². The first-order valence-electron chi connectivity index (χ1n) is 6.45. The first kappa shape index (κ1) is 12.1. The van der Waals surface area contributed by atoms with Crippen LogP contribution in [0.3, 0.4) is 0 Å². The summed E-state index contributed by atoms with van der Waals surface area (Å²) in [6.07, 6.45) is 12.2. The Hall–Kier alpha value is 0.0649. The fraction of sp³-hybridized carbons (Fsp3) is 1.00. The minimum Gasteiger partial charge on any atom is -0.0674 e. The largest absolute Gasteiger partial charge is 0.0746 e. The van der Waals surface area contributed by atoms with E-state index in [1.54, 1.807) is 0 Å². The van der Waals surface area contributed by atoms with Gasteiger partial charge in [-0.2, -0.15) is 0 Å². The molecule has 0 saturated heterocycles. The summed E-state index contributed by atoms with van der Waals surface area (Å²) in [5.41, 5.74) is 0. The third kappa shape index (κ3) is 3.67. The van der Waals surface area contributed by atoms with Crippen molar-refractivity contribution in [3.05, 3.63) is 0 Å². The second kappa shape index (κ2) is 5.83. The Morgan fingerprint density at radius 1 is 1.07 bits per heavy atom. The van der Waals surface area contributed by atoms with Crippen LogP contribution in [-0.4, -0.2) is 7.85 Å². The van der Waals surface area contributed by atoms with Crippen LogP contribution in [0, 0.1) is 5.92 Å². The molecule has 0 aromatic rings. The summed E-state index contributed by atoms with van der Waals surface area (Å²) in [4.78, 5) is 0. The lowest BCUT2D eigenvalue weighted by Crippen LogP contribution is -2.21. The quantitative estimate of drug-likeness (QED) is 0.537. The molecule has 2 atom stereocenters. The van der Waals surface area contributed by atoms with E-state index >= 15 is 0 Å². The Labute approximate surface area is 91.3 Å². The molecule has 0 aromatic heterocycles. The van der Waals surface area contributed by atoms with Gasteiger partial charge in [0.15, 0.2) is 0 Å². The second-order valence-corrected chi connectivity index (χ2v) is 5.27. The highest BCUT2D eigenvalue weighted by molar-refractivity contribution is 6.15. The molecule has 1 rings (SSSR count). The Morgan fingerprint density at radius 2 is 1.64 bits per heavy atom. The normalized spacial score (nSPS) is 36.6. The van der Waals surface area contributed by atoms with Gasteiger partial charge in [0.2, 0.25) is 0 Å². The number of hydrogen-bond acceptors (Lipinski definition) is 0. The van der Waals surface area contributed by atoms with E-state index in [9.17, 15) is 0 Å². The molecule has 0 heterocycles. The van der Waals surface area contributed by atoms with Crippen LogP contribution in [0.5, 0.6) is 0 Å². The predicted octanol–water partition coefficient (Wildman–Crippen LogP) is 4.49. The summed E-state index contributed by atoms with van der Waals surface area (Å²) in [6.45, 7) is 4.56. The lowest BCUT2D eigenvalue weighted by molar-refractivity contribution is 0.300. The average Bonchev–Trinajstić information content (AvgIpc) is 2.15. The van der Waals surface area contributed by atoms with Gasteiger partial charge in [0.1, 0.15) is 0 Å². The van der Waals surface area contributed by atoms with Gasteiger partial charge in [-0.15, -0.1) is 0 Å². The van der Waals surface area contributed by atoms with Gasteiger partial charge < -0.3 is 0 Å². The maximum Gasteiger partial charge on any atom is 0.0746 e. The van der Waals surface area contributed by atoms with Crippen LogP contribution in [0.2, 0.25) is 5.31 Å². The molecule has 80 valence electrons. The van der Waals surface area contributed by atoms with E-state index in [4.69, 9.17) is 7.85 Å². The zero-order valence-electron chi connectivity index (χ0n) is 10.0. The Kier molecular flexibility index (Phi) is 5.05. The van der Waals surface area contributed by atoms with Crippen molar-refractivity contribution >= 4 is 7.85 Å². The SMILES string of the molecule is [B]C1(C)CCCCCCCCC1CC. The maximum absolute atomic E-state index is 6.42. The standard InChI is InChI=1S/C13H25B/c1-3-12-10-8-6-4-5-7-9-11-13(12,2)14/h12H,3-11H2,1-2H3. The highest BCUT2D eigenvalue weighted by atomic mass is 14.3. The molecule has 14 heavy (non-hydrogen) atoms. The third-order valence-corrected chi connectivity index (χ3v) is 3.94. The zero-order valence-corrected chi connectivity index (χ0v) is 10.0. The van der Waals surface area contributed by atoms with Crippen LogP contribution in [-0.2, 0) is 0 Å². The highest BCUT2D eigenvalue weighted by Crippen LogP contribution is 2.42. The molecule has 0 nitrogen and oxygen atoms in total. The number of hydrogen-bond donors (Lipinski definition) is 0. The molecular formula is C13H25B. The summed E-state index contributed by atoms with van der Waals surface area (Å²) >= 11 is 0. The summed E-state index contributed by atoms with van der Waals surface area (Å²) in [5.74, 6) is 0.751. The van der Waals surface area contributed by atoms with E-state index in [1.807, 2.05) is 0 Å². The third-order valence-electron chi connectivity index (χ3n) is 3.94. The van der Waals surface area contributed by atoms with Crippen molar-refractivity contribution in [1.82, 2.24) is 0 Å². The molecule has 0 spiro atoms. The molecule has 0 aromatic carbocycles. The van der Waals surface area contributed by atoms with Crippen LogP contribution in [0.1, 0.15) is 71.6 Å². The van der Waals surface area contributed by atoms with Crippen molar-refractivity contribution in [2.45, 2.75) is 76.9 Å². The average molecular weight is 192 g/mol. The molecule has 1 aliphatic carbocycles. The van der Waals surface area contributed by atoms with Crippen LogP contribution < -0.4 is 0 Å². The van der Waals surface area contributed by atoms with Crippen molar-refractivity contribution in [2.24, 2.45) is 5.92 Å². The molecule has 0 aliphatic heterocycles. The molecule has 1 aliphatic rings. The molecule has 1 heteroatoms. The van der Waals surface area contributed by atoms with Crippen molar-refractivity contribution < 1.29 is 0 Å². The summed E-state index contributed by atoms with van der Waals surface area (Å²) < 4.78 is 0. The van der Waals surface area contributed by atoms with Gasteiger partial charge >= 0.3 is 0 Å².